The number of nitrogens with one attached hydrogen (secondary N) is 1. The van der Waals surface area contributed by atoms with E-state index in [1.165, 1.54) is 16.7 Å². The second-order valence-corrected chi connectivity index (χ2v) is 4.87. The molecule has 0 aliphatic rings. The van der Waals surface area contributed by atoms with E-state index in [1.807, 2.05) is 0 Å². The molecule has 0 unspecified atom stereocenters. The Kier molecular flexibility index (Phi) is 3.34. The number of benzene rings is 2. The highest BCUT2D eigenvalue weighted by Gasteiger charge is 2.09. The first-order valence-electron chi connectivity index (χ1n) is 6.60. The third kappa shape index (κ3) is 2.42. The smallest absolute Gasteiger partial charge is 0.335 e. The Hall–Kier alpha value is -3.15. The quantitative estimate of drug-likeness (QED) is 0.765. The first-order valence-corrected chi connectivity index (χ1v) is 6.60. The van der Waals surface area contributed by atoms with Crippen LogP contribution < -0.4 is 11.2 Å². The summed E-state index contributed by atoms with van der Waals surface area (Å²) in [6, 6.07) is 13.1. The fraction of sp³-hybridized carbons (Fsp3) is 0.0625. The van der Waals surface area contributed by atoms with Gasteiger partial charge in [-0.25, -0.2) is 9.59 Å². The fourth-order valence-electron chi connectivity index (χ4n) is 2.38. The normalized spacial score (nSPS) is 10.7. The van der Waals surface area contributed by atoms with E-state index in [9.17, 15) is 14.4 Å². The molecule has 0 aliphatic carbocycles. The lowest BCUT2D eigenvalue weighted by atomic mass is 10.1. The largest absolute Gasteiger partial charge is 0.478 e. The van der Waals surface area contributed by atoms with Crippen LogP contribution in [0, 0.1) is 0 Å². The van der Waals surface area contributed by atoms with Gasteiger partial charge in [0.2, 0.25) is 0 Å². The highest BCUT2D eigenvalue weighted by molar-refractivity contribution is 5.87. The lowest BCUT2D eigenvalue weighted by molar-refractivity contribution is 0.0696. The van der Waals surface area contributed by atoms with Gasteiger partial charge < -0.3 is 5.11 Å². The van der Waals surface area contributed by atoms with Crippen molar-refractivity contribution in [2.45, 2.75) is 6.54 Å². The number of para-hydroxylation sites is 1. The molecule has 0 radical (unpaired) electrons. The van der Waals surface area contributed by atoms with Crippen LogP contribution in [0.4, 0.5) is 0 Å². The van der Waals surface area contributed by atoms with Gasteiger partial charge in [-0.2, -0.15) is 0 Å². The SMILES string of the molecule is O=C(O)c1cccc(Cn2c(=O)[nH]c(=O)c3ccccc32)c1. The molecule has 0 saturated carbocycles. The molecular weight excluding hydrogens is 284 g/mol. The van der Waals surface area contributed by atoms with Gasteiger partial charge in [-0.3, -0.25) is 14.3 Å². The maximum absolute atomic E-state index is 12.1. The molecule has 0 bridgehead atoms. The number of fused-ring (bicyclic) bond motifs is 1. The molecule has 0 saturated heterocycles. The van der Waals surface area contributed by atoms with Crippen LogP contribution in [0.5, 0.6) is 0 Å². The highest BCUT2D eigenvalue weighted by atomic mass is 16.4. The van der Waals surface area contributed by atoms with Gasteiger partial charge in [-0.05, 0) is 29.8 Å². The zero-order chi connectivity index (χ0) is 15.7. The van der Waals surface area contributed by atoms with E-state index in [0.29, 0.717) is 16.5 Å². The number of hydrogen-bond acceptors (Lipinski definition) is 3. The number of aromatic nitrogens is 2. The minimum atomic E-state index is -1.03. The van der Waals surface area contributed by atoms with Crippen molar-refractivity contribution in [3.63, 3.8) is 0 Å². The molecule has 0 spiro atoms. The first-order chi connectivity index (χ1) is 10.6. The molecule has 0 atom stereocenters. The molecule has 6 nitrogen and oxygen atoms in total. The molecule has 3 rings (SSSR count). The number of carbonyl (C=O) groups is 1. The molecule has 3 aromatic rings. The van der Waals surface area contributed by atoms with Crippen LogP contribution in [-0.2, 0) is 6.54 Å². The van der Waals surface area contributed by atoms with Crippen molar-refractivity contribution in [2.24, 2.45) is 0 Å². The Morgan fingerprint density at radius 2 is 1.86 bits per heavy atom. The Balaban J connectivity index is 2.16. The van der Waals surface area contributed by atoms with Gasteiger partial charge >= 0.3 is 11.7 Å². The number of hydrogen-bond donors (Lipinski definition) is 2. The van der Waals surface area contributed by atoms with Crippen LogP contribution >= 0.6 is 0 Å². The fourth-order valence-corrected chi connectivity index (χ4v) is 2.38. The lowest BCUT2D eigenvalue weighted by Crippen LogP contribution is -2.30. The summed E-state index contributed by atoms with van der Waals surface area (Å²) < 4.78 is 1.41. The topological polar surface area (TPSA) is 92.2 Å². The van der Waals surface area contributed by atoms with E-state index in [-0.39, 0.29) is 12.1 Å². The molecule has 2 N–H and O–H groups in total. The molecule has 110 valence electrons. The summed E-state index contributed by atoms with van der Waals surface area (Å²) in [5.41, 5.74) is 0.371. The van der Waals surface area contributed by atoms with Crippen LogP contribution in [0.1, 0.15) is 15.9 Å². The molecule has 6 heteroatoms. The van der Waals surface area contributed by atoms with Gasteiger partial charge in [0.15, 0.2) is 0 Å². The number of H-pyrrole nitrogens is 1. The molecule has 2 aromatic carbocycles. The van der Waals surface area contributed by atoms with Gasteiger partial charge in [0.05, 0.1) is 23.0 Å². The molecule has 0 aliphatic heterocycles. The maximum atomic E-state index is 12.1. The summed E-state index contributed by atoms with van der Waals surface area (Å²) >= 11 is 0. The van der Waals surface area contributed by atoms with Crippen LogP contribution in [0.25, 0.3) is 10.9 Å². The maximum Gasteiger partial charge on any atom is 0.335 e. The average molecular weight is 296 g/mol. The number of rotatable bonds is 3. The van der Waals surface area contributed by atoms with Crippen molar-refractivity contribution in [3.05, 3.63) is 80.5 Å². The zero-order valence-electron chi connectivity index (χ0n) is 11.4. The second kappa shape index (κ2) is 5.33. The summed E-state index contributed by atoms with van der Waals surface area (Å²) in [5.74, 6) is -1.03. The van der Waals surface area contributed by atoms with E-state index in [0.717, 1.165) is 0 Å². The summed E-state index contributed by atoms with van der Waals surface area (Å²) in [6.07, 6.45) is 0. The molecule has 22 heavy (non-hydrogen) atoms. The van der Waals surface area contributed by atoms with Crippen molar-refractivity contribution in [2.75, 3.05) is 0 Å². The molecule has 0 amide bonds. The number of aromatic amines is 1. The van der Waals surface area contributed by atoms with E-state index in [2.05, 4.69) is 4.98 Å². The van der Waals surface area contributed by atoms with E-state index in [4.69, 9.17) is 5.11 Å². The van der Waals surface area contributed by atoms with Gasteiger partial charge in [-0.15, -0.1) is 0 Å². The van der Waals surface area contributed by atoms with Gasteiger partial charge in [0.1, 0.15) is 0 Å². The predicted octanol–water partition coefficient (Wildman–Crippen LogP) is 1.44. The van der Waals surface area contributed by atoms with E-state index in [1.54, 1.807) is 36.4 Å². The third-order valence-electron chi connectivity index (χ3n) is 3.42. The lowest BCUT2D eigenvalue weighted by Gasteiger charge is -2.10. The monoisotopic (exact) mass is 296 g/mol. The Morgan fingerprint density at radius 3 is 2.64 bits per heavy atom. The van der Waals surface area contributed by atoms with E-state index < -0.39 is 17.2 Å². The van der Waals surface area contributed by atoms with Crippen LogP contribution in [0.15, 0.2) is 58.1 Å². The average Bonchev–Trinajstić information content (AvgIpc) is 2.52. The summed E-state index contributed by atoms with van der Waals surface area (Å²) in [5, 5.41) is 9.44. The number of carboxylic acid groups (broad SMARTS) is 1. The van der Waals surface area contributed by atoms with Crippen LogP contribution in [0.3, 0.4) is 0 Å². The zero-order valence-corrected chi connectivity index (χ0v) is 11.4. The van der Waals surface area contributed by atoms with Crippen molar-refractivity contribution in [3.8, 4) is 0 Å². The Morgan fingerprint density at radius 1 is 1.09 bits per heavy atom. The van der Waals surface area contributed by atoms with Crippen LogP contribution in [0.2, 0.25) is 0 Å². The molecule has 1 heterocycles. The standard InChI is InChI=1S/C16H12N2O4/c19-14-12-6-1-2-7-13(12)18(16(22)17-14)9-10-4-3-5-11(8-10)15(20)21/h1-8H,9H2,(H,20,21)(H,17,19,22). The molecule has 1 aromatic heterocycles. The minimum absolute atomic E-state index is 0.152. The number of nitrogens with zero attached hydrogens (tertiary/aromatic N) is 1. The van der Waals surface area contributed by atoms with Gasteiger partial charge in [0, 0.05) is 0 Å². The third-order valence-corrected chi connectivity index (χ3v) is 3.42. The first kappa shape index (κ1) is 13.8. The van der Waals surface area contributed by atoms with Gasteiger partial charge in [0.25, 0.3) is 5.56 Å². The van der Waals surface area contributed by atoms with Gasteiger partial charge in [-0.1, -0.05) is 24.3 Å². The Bertz CT molecular complexity index is 985. The molecule has 0 fully saturated rings. The highest BCUT2D eigenvalue weighted by Crippen LogP contribution is 2.11. The van der Waals surface area contributed by atoms with Crippen molar-refractivity contribution < 1.29 is 9.90 Å². The number of aromatic carboxylic acids is 1. The Labute approximate surface area is 124 Å². The molecular formula is C16H12N2O4. The minimum Gasteiger partial charge on any atom is -0.478 e. The van der Waals surface area contributed by atoms with Crippen LogP contribution in [-0.4, -0.2) is 20.6 Å². The van der Waals surface area contributed by atoms with Crippen molar-refractivity contribution in [1.29, 1.82) is 0 Å². The second-order valence-electron chi connectivity index (χ2n) is 4.87. The van der Waals surface area contributed by atoms with E-state index >= 15 is 0 Å². The number of carboxylic acids is 1. The summed E-state index contributed by atoms with van der Waals surface area (Å²) in [7, 11) is 0. The predicted molar refractivity (Wildman–Crippen MR) is 81.3 cm³/mol. The van der Waals surface area contributed by atoms with Crippen molar-refractivity contribution >= 4 is 16.9 Å². The summed E-state index contributed by atoms with van der Waals surface area (Å²) in [6.45, 7) is 0.178. The summed E-state index contributed by atoms with van der Waals surface area (Å²) in [4.78, 5) is 37.2. The van der Waals surface area contributed by atoms with Crippen molar-refractivity contribution in [1.82, 2.24) is 9.55 Å².